The van der Waals surface area contributed by atoms with E-state index in [4.69, 9.17) is 11.6 Å². The predicted molar refractivity (Wildman–Crippen MR) is 90.3 cm³/mol. The van der Waals surface area contributed by atoms with E-state index < -0.39 is 0 Å². The van der Waals surface area contributed by atoms with Crippen LogP contribution in [0.3, 0.4) is 0 Å². The highest BCUT2D eigenvalue weighted by molar-refractivity contribution is 6.63. The summed E-state index contributed by atoms with van der Waals surface area (Å²) in [6.07, 6.45) is 21.9. The lowest BCUT2D eigenvalue weighted by molar-refractivity contribution is -0.111. The number of halogens is 1. The van der Waals surface area contributed by atoms with Gasteiger partial charge in [0.1, 0.15) is 0 Å². The van der Waals surface area contributed by atoms with Gasteiger partial charge in [-0.2, -0.15) is 0 Å². The lowest BCUT2D eigenvalue weighted by Gasteiger charge is -2.00. The van der Waals surface area contributed by atoms with Gasteiger partial charge in [0.25, 0.3) is 0 Å². The van der Waals surface area contributed by atoms with E-state index in [1.165, 1.54) is 70.6 Å². The first-order valence-electron chi connectivity index (χ1n) is 8.60. The van der Waals surface area contributed by atoms with Crippen molar-refractivity contribution in [1.29, 1.82) is 0 Å². The third-order valence-corrected chi connectivity index (χ3v) is 3.82. The third-order valence-electron chi connectivity index (χ3n) is 3.64. The Kier molecular flexibility index (Phi) is 16.5. The van der Waals surface area contributed by atoms with Gasteiger partial charge in [0.05, 0.1) is 0 Å². The monoisotopic (exact) mass is 300 g/mol. The first-order chi connectivity index (χ1) is 9.77. The van der Waals surface area contributed by atoms with Gasteiger partial charge in [0.2, 0.25) is 5.24 Å². The molecule has 0 aromatic heterocycles. The molecular formula is C18H33ClO. The third kappa shape index (κ3) is 17.7. The van der Waals surface area contributed by atoms with Gasteiger partial charge >= 0.3 is 0 Å². The van der Waals surface area contributed by atoms with Gasteiger partial charge in [-0.1, -0.05) is 70.4 Å². The van der Waals surface area contributed by atoms with E-state index >= 15 is 0 Å². The maximum Gasteiger partial charge on any atom is 0.221 e. The highest BCUT2D eigenvalue weighted by atomic mass is 35.5. The van der Waals surface area contributed by atoms with Crippen molar-refractivity contribution in [2.45, 2.75) is 96.8 Å². The summed E-state index contributed by atoms with van der Waals surface area (Å²) in [6.45, 7) is 2.25. The number of hydrogen-bond donors (Lipinski definition) is 0. The topological polar surface area (TPSA) is 17.1 Å². The van der Waals surface area contributed by atoms with Gasteiger partial charge in [-0.25, -0.2) is 0 Å². The highest BCUT2D eigenvalue weighted by Gasteiger charge is 1.96. The fourth-order valence-corrected chi connectivity index (χ4v) is 2.47. The van der Waals surface area contributed by atoms with E-state index in [9.17, 15) is 4.79 Å². The molecule has 0 aromatic carbocycles. The Labute approximate surface area is 131 Å². The van der Waals surface area contributed by atoms with Gasteiger partial charge in [-0.3, -0.25) is 4.79 Å². The van der Waals surface area contributed by atoms with Crippen LogP contribution in [0.1, 0.15) is 96.8 Å². The van der Waals surface area contributed by atoms with Crippen molar-refractivity contribution in [3.05, 3.63) is 12.2 Å². The molecule has 0 rings (SSSR count). The Hall–Kier alpha value is -0.300. The molecule has 0 fully saturated rings. The van der Waals surface area contributed by atoms with Crippen LogP contribution in [-0.4, -0.2) is 5.24 Å². The summed E-state index contributed by atoms with van der Waals surface area (Å²) in [4.78, 5) is 10.5. The highest BCUT2D eigenvalue weighted by Crippen LogP contribution is 2.11. The van der Waals surface area contributed by atoms with Crippen LogP contribution >= 0.6 is 11.6 Å². The molecule has 0 aromatic rings. The van der Waals surface area contributed by atoms with Crippen LogP contribution in [0.4, 0.5) is 0 Å². The van der Waals surface area contributed by atoms with Gasteiger partial charge < -0.3 is 0 Å². The number of rotatable bonds is 15. The minimum absolute atomic E-state index is 0.187. The summed E-state index contributed by atoms with van der Waals surface area (Å²) in [5.41, 5.74) is 0. The summed E-state index contributed by atoms with van der Waals surface area (Å²) in [7, 11) is 0. The molecule has 0 radical (unpaired) electrons. The molecule has 0 aliphatic heterocycles. The van der Waals surface area contributed by atoms with Crippen LogP contribution in [-0.2, 0) is 4.79 Å². The summed E-state index contributed by atoms with van der Waals surface area (Å²) in [6, 6.07) is 0. The molecule has 20 heavy (non-hydrogen) atoms. The number of hydrogen-bond acceptors (Lipinski definition) is 1. The molecular weight excluding hydrogens is 268 g/mol. The molecule has 0 saturated carbocycles. The zero-order chi connectivity index (χ0) is 14.9. The minimum atomic E-state index is -0.187. The Morgan fingerprint density at radius 2 is 1.20 bits per heavy atom. The van der Waals surface area contributed by atoms with Crippen molar-refractivity contribution in [3.8, 4) is 0 Å². The van der Waals surface area contributed by atoms with Crippen LogP contribution in [0.5, 0.6) is 0 Å². The molecule has 118 valence electrons. The van der Waals surface area contributed by atoms with E-state index in [1.807, 2.05) is 0 Å². The maximum absolute atomic E-state index is 10.5. The maximum atomic E-state index is 10.5. The van der Waals surface area contributed by atoms with Crippen LogP contribution in [0.15, 0.2) is 12.2 Å². The van der Waals surface area contributed by atoms with E-state index in [1.54, 1.807) is 0 Å². The lowest BCUT2D eigenvalue weighted by atomic mass is 10.1. The minimum Gasteiger partial charge on any atom is -0.281 e. The number of carbonyl (C=O) groups is 1. The first-order valence-corrected chi connectivity index (χ1v) is 8.98. The van der Waals surface area contributed by atoms with Crippen LogP contribution in [0, 0.1) is 0 Å². The van der Waals surface area contributed by atoms with Crippen molar-refractivity contribution < 1.29 is 4.79 Å². The summed E-state index contributed by atoms with van der Waals surface area (Å²) >= 11 is 5.29. The second-order valence-corrected chi connectivity index (χ2v) is 6.11. The zero-order valence-electron chi connectivity index (χ0n) is 13.3. The second kappa shape index (κ2) is 16.8. The Morgan fingerprint density at radius 1 is 0.750 bits per heavy atom. The van der Waals surface area contributed by atoms with Crippen LogP contribution in [0.25, 0.3) is 0 Å². The molecule has 0 saturated heterocycles. The normalized spacial score (nSPS) is 11.3. The first kappa shape index (κ1) is 19.7. The lowest BCUT2D eigenvalue weighted by Crippen LogP contribution is -1.86. The van der Waals surface area contributed by atoms with Crippen molar-refractivity contribution in [1.82, 2.24) is 0 Å². The largest absolute Gasteiger partial charge is 0.281 e. The quantitative estimate of drug-likeness (QED) is 0.185. The van der Waals surface area contributed by atoms with Crippen molar-refractivity contribution in [2.24, 2.45) is 0 Å². The van der Waals surface area contributed by atoms with Crippen molar-refractivity contribution >= 4 is 16.8 Å². The van der Waals surface area contributed by atoms with E-state index in [0.717, 1.165) is 12.8 Å². The molecule has 0 heterocycles. The SMILES string of the molecule is CCCCCC=CCCCCCCCCCCC(=O)Cl. The molecule has 2 heteroatoms. The average Bonchev–Trinajstić information content (AvgIpc) is 2.43. The molecule has 0 aliphatic rings. The summed E-state index contributed by atoms with van der Waals surface area (Å²) < 4.78 is 0. The van der Waals surface area contributed by atoms with Crippen LogP contribution in [0.2, 0.25) is 0 Å². The molecule has 0 atom stereocenters. The Balaban J connectivity index is 3.04. The van der Waals surface area contributed by atoms with Crippen molar-refractivity contribution in [2.75, 3.05) is 0 Å². The number of carbonyl (C=O) groups excluding carboxylic acids is 1. The summed E-state index contributed by atoms with van der Waals surface area (Å²) in [5.74, 6) is 0. The average molecular weight is 301 g/mol. The molecule has 1 nitrogen and oxygen atoms in total. The Morgan fingerprint density at radius 3 is 1.70 bits per heavy atom. The van der Waals surface area contributed by atoms with Gasteiger partial charge in [-0.05, 0) is 43.7 Å². The molecule has 0 N–H and O–H groups in total. The fraction of sp³-hybridized carbons (Fsp3) is 0.833. The van der Waals surface area contributed by atoms with E-state index in [2.05, 4.69) is 19.1 Å². The molecule has 0 bridgehead atoms. The van der Waals surface area contributed by atoms with Gasteiger partial charge in [-0.15, -0.1) is 0 Å². The van der Waals surface area contributed by atoms with E-state index in [0.29, 0.717) is 6.42 Å². The number of allylic oxidation sites excluding steroid dienone is 2. The smallest absolute Gasteiger partial charge is 0.221 e. The Bertz CT molecular complexity index is 236. The van der Waals surface area contributed by atoms with Crippen molar-refractivity contribution in [3.63, 3.8) is 0 Å². The molecule has 0 amide bonds. The molecule has 0 spiro atoms. The predicted octanol–water partition coefficient (Wildman–Crippen LogP) is 6.79. The standard InChI is InChI=1S/C18H33ClO/c1-2-3-4-5-6-7-8-9-10-11-12-13-14-15-16-17-18(19)20/h6-7H,2-5,8-17H2,1H3. The van der Waals surface area contributed by atoms with Gasteiger partial charge in [0.15, 0.2) is 0 Å². The summed E-state index contributed by atoms with van der Waals surface area (Å²) in [5, 5.41) is -0.187. The number of unbranched alkanes of at least 4 members (excludes halogenated alkanes) is 11. The van der Waals surface area contributed by atoms with Gasteiger partial charge in [0, 0.05) is 6.42 Å². The second-order valence-electron chi connectivity index (χ2n) is 5.69. The van der Waals surface area contributed by atoms with Crippen LogP contribution < -0.4 is 0 Å². The zero-order valence-corrected chi connectivity index (χ0v) is 14.1. The molecule has 0 aliphatic carbocycles. The van der Waals surface area contributed by atoms with E-state index in [-0.39, 0.29) is 5.24 Å². The molecule has 0 unspecified atom stereocenters. The fourth-order valence-electron chi connectivity index (χ4n) is 2.33.